The maximum Gasteiger partial charge on any atom is 0.255 e. The average Bonchev–Trinajstić information content (AvgIpc) is 2.80. The lowest BCUT2D eigenvalue weighted by Gasteiger charge is -2.21. The molecule has 0 saturated carbocycles. The summed E-state index contributed by atoms with van der Waals surface area (Å²) >= 11 is 9.33. The molecule has 3 aromatic rings. The van der Waals surface area contributed by atoms with E-state index in [1.165, 1.54) is 25.5 Å². The van der Waals surface area contributed by atoms with Crippen molar-refractivity contribution >= 4 is 49.7 Å². The van der Waals surface area contributed by atoms with E-state index < -0.39 is 22.5 Å². The van der Waals surface area contributed by atoms with E-state index in [1.54, 1.807) is 48.5 Å². The molecule has 0 bridgehead atoms. The summed E-state index contributed by atoms with van der Waals surface area (Å²) in [5.74, 6) is -0.0117. The van der Waals surface area contributed by atoms with Gasteiger partial charge in [0.05, 0.1) is 24.8 Å². The van der Waals surface area contributed by atoms with Gasteiger partial charge in [0.2, 0.25) is 10.0 Å². The molecule has 0 radical (unpaired) electrons. The minimum absolute atomic E-state index is 0.00995. The minimum atomic E-state index is -3.95. The van der Waals surface area contributed by atoms with Crippen LogP contribution in [0.25, 0.3) is 0 Å². The molecule has 0 saturated heterocycles. The van der Waals surface area contributed by atoms with Crippen LogP contribution in [0.15, 0.2) is 81.2 Å². The molecule has 3 aromatic carbocycles. The molecule has 34 heavy (non-hydrogen) atoms. The quantitative estimate of drug-likeness (QED) is 0.300. The van der Waals surface area contributed by atoms with Crippen molar-refractivity contribution in [3.05, 3.63) is 92.9 Å². The van der Waals surface area contributed by atoms with Crippen molar-refractivity contribution in [3.63, 3.8) is 0 Å². The minimum Gasteiger partial charge on any atom is -0.496 e. The van der Waals surface area contributed by atoms with E-state index in [0.29, 0.717) is 21.9 Å². The third-order valence-electron chi connectivity index (χ3n) is 4.84. The summed E-state index contributed by atoms with van der Waals surface area (Å²) in [6.07, 6.45) is 1.43. The van der Waals surface area contributed by atoms with E-state index in [1.807, 2.05) is 13.0 Å². The average molecular weight is 565 g/mol. The second kappa shape index (κ2) is 11.6. The van der Waals surface area contributed by atoms with Crippen LogP contribution in [-0.4, -0.2) is 38.5 Å². The molecule has 0 aliphatic heterocycles. The third-order valence-corrected chi connectivity index (χ3v) is 7.39. The topological polar surface area (TPSA) is 88.1 Å². The van der Waals surface area contributed by atoms with Gasteiger partial charge in [-0.2, -0.15) is 9.41 Å². The van der Waals surface area contributed by atoms with E-state index in [4.69, 9.17) is 16.3 Å². The number of carbonyl (C=O) groups excluding carboxylic acids is 1. The van der Waals surface area contributed by atoms with Gasteiger partial charge in [-0.3, -0.25) is 4.79 Å². The lowest BCUT2D eigenvalue weighted by atomic mass is 10.2. The van der Waals surface area contributed by atoms with Crippen molar-refractivity contribution in [2.75, 3.05) is 13.7 Å². The highest BCUT2D eigenvalue weighted by molar-refractivity contribution is 9.10. The number of hydrogen-bond acceptors (Lipinski definition) is 5. The maximum atomic E-state index is 13.3. The molecule has 10 heteroatoms. The Bertz CT molecular complexity index is 1280. The van der Waals surface area contributed by atoms with Crippen molar-refractivity contribution in [3.8, 4) is 5.75 Å². The number of nitrogens with zero attached hydrogens (tertiary/aromatic N) is 2. The first-order valence-electron chi connectivity index (χ1n) is 10.2. The molecule has 0 aliphatic rings. The fraction of sp³-hybridized carbons (Fsp3) is 0.167. The Kier molecular flexibility index (Phi) is 8.84. The number of aryl methyl sites for hydroxylation is 1. The molecule has 0 aliphatic carbocycles. The van der Waals surface area contributed by atoms with Crippen molar-refractivity contribution in [2.24, 2.45) is 5.10 Å². The number of ether oxygens (including phenoxy) is 1. The summed E-state index contributed by atoms with van der Waals surface area (Å²) in [5.41, 5.74) is 4.65. The maximum absolute atomic E-state index is 13.3. The molecule has 3 rings (SSSR count). The van der Waals surface area contributed by atoms with Gasteiger partial charge in [-0.05, 0) is 55.0 Å². The summed E-state index contributed by atoms with van der Waals surface area (Å²) in [7, 11) is -2.42. The smallest absolute Gasteiger partial charge is 0.255 e. The highest BCUT2D eigenvalue weighted by atomic mass is 79.9. The Morgan fingerprint density at radius 1 is 1.12 bits per heavy atom. The fourth-order valence-electron chi connectivity index (χ4n) is 3.05. The van der Waals surface area contributed by atoms with Crippen LogP contribution in [0.2, 0.25) is 5.02 Å². The second-order valence-corrected chi connectivity index (χ2v) is 10.7. The number of carbonyl (C=O) groups is 1. The van der Waals surface area contributed by atoms with Gasteiger partial charge in [0.1, 0.15) is 5.75 Å². The predicted octanol–water partition coefficient (Wildman–Crippen LogP) is 4.76. The molecule has 178 valence electrons. The van der Waals surface area contributed by atoms with Gasteiger partial charge >= 0.3 is 0 Å². The first-order valence-corrected chi connectivity index (χ1v) is 12.8. The summed E-state index contributed by atoms with van der Waals surface area (Å²) in [4.78, 5) is 12.7. The van der Waals surface area contributed by atoms with Gasteiger partial charge in [0, 0.05) is 21.6 Å². The Morgan fingerprint density at radius 3 is 2.44 bits per heavy atom. The highest BCUT2D eigenvalue weighted by Crippen LogP contribution is 2.22. The monoisotopic (exact) mass is 563 g/mol. The molecule has 0 heterocycles. The van der Waals surface area contributed by atoms with Crippen LogP contribution in [0.3, 0.4) is 0 Å². The Hall–Kier alpha value is -2.72. The summed E-state index contributed by atoms with van der Waals surface area (Å²) < 4.78 is 33.9. The zero-order valence-electron chi connectivity index (χ0n) is 18.5. The van der Waals surface area contributed by atoms with Crippen molar-refractivity contribution in [2.45, 2.75) is 18.4 Å². The van der Waals surface area contributed by atoms with E-state index in [2.05, 4.69) is 26.5 Å². The summed E-state index contributed by atoms with van der Waals surface area (Å²) in [5, 5.41) is 4.50. The SMILES string of the molecule is COc1ccc(Br)cc1/C=N/NC(=O)CN(Cc1ccc(Cl)cc1)S(=O)(=O)c1ccc(C)cc1. The Labute approximate surface area is 212 Å². The van der Waals surface area contributed by atoms with Gasteiger partial charge in [-0.15, -0.1) is 0 Å². The van der Waals surface area contributed by atoms with Crippen LogP contribution in [0, 0.1) is 6.92 Å². The summed E-state index contributed by atoms with van der Waals surface area (Å²) in [6.45, 7) is 1.43. The van der Waals surface area contributed by atoms with Gasteiger partial charge in [-0.25, -0.2) is 13.8 Å². The van der Waals surface area contributed by atoms with Gasteiger partial charge in [-0.1, -0.05) is 57.4 Å². The van der Waals surface area contributed by atoms with Crippen LogP contribution >= 0.6 is 27.5 Å². The van der Waals surface area contributed by atoms with Gasteiger partial charge in [0.25, 0.3) is 5.91 Å². The first kappa shape index (κ1) is 25.9. The third kappa shape index (κ3) is 6.89. The van der Waals surface area contributed by atoms with Crippen molar-refractivity contribution in [1.29, 1.82) is 0 Å². The molecule has 0 unspecified atom stereocenters. The standard InChI is InChI=1S/C24H23BrClN3O4S/c1-17-3-10-22(11-4-17)34(31,32)29(15-18-5-8-21(26)9-6-18)16-24(30)28-27-14-19-13-20(25)7-12-23(19)33-2/h3-14H,15-16H2,1-2H3,(H,28,30)/b27-14+. The van der Waals surface area contributed by atoms with Crippen LogP contribution in [-0.2, 0) is 21.4 Å². The fourth-order valence-corrected chi connectivity index (χ4v) is 4.94. The molecule has 0 atom stereocenters. The Balaban J connectivity index is 1.80. The molecule has 0 spiro atoms. The first-order chi connectivity index (χ1) is 16.2. The molecular weight excluding hydrogens is 542 g/mol. The zero-order chi connectivity index (χ0) is 24.7. The highest BCUT2D eigenvalue weighted by Gasteiger charge is 2.27. The molecule has 1 N–H and O–H groups in total. The van der Waals surface area contributed by atoms with Gasteiger partial charge in [0.15, 0.2) is 0 Å². The lowest BCUT2D eigenvalue weighted by Crippen LogP contribution is -2.39. The number of sulfonamides is 1. The van der Waals surface area contributed by atoms with Gasteiger partial charge < -0.3 is 4.74 Å². The number of amides is 1. The second-order valence-electron chi connectivity index (χ2n) is 7.39. The molecule has 0 aromatic heterocycles. The normalized spacial score (nSPS) is 11.7. The number of methoxy groups -OCH3 is 1. The molecule has 1 amide bonds. The largest absolute Gasteiger partial charge is 0.496 e. The number of hydrazone groups is 1. The molecular formula is C24H23BrClN3O4S. The molecule has 0 fully saturated rings. The van der Waals surface area contributed by atoms with E-state index >= 15 is 0 Å². The van der Waals surface area contributed by atoms with E-state index in [0.717, 1.165) is 14.3 Å². The number of hydrogen-bond donors (Lipinski definition) is 1. The lowest BCUT2D eigenvalue weighted by molar-refractivity contribution is -0.121. The van der Waals surface area contributed by atoms with Crippen molar-refractivity contribution in [1.82, 2.24) is 9.73 Å². The zero-order valence-corrected chi connectivity index (χ0v) is 21.7. The number of rotatable bonds is 9. The predicted molar refractivity (Wildman–Crippen MR) is 137 cm³/mol. The van der Waals surface area contributed by atoms with Crippen LogP contribution < -0.4 is 10.2 Å². The number of nitrogens with one attached hydrogen (secondary N) is 1. The van der Waals surface area contributed by atoms with Crippen LogP contribution in [0.5, 0.6) is 5.75 Å². The van der Waals surface area contributed by atoms with Crippen LogP contribution in [0.1, 0.15) is 16.7 Å². The molecule has 7 nitrogen and oxygen atoms in total. The number of halogens is 2. The summed E-state index contributed by atoms with van der Waals surface area (Å²) in [6, 6.07) is 18.6. The Morgan fingerprint density at radius 2 is 1.79 bits per heavy atom. The van der Waals surface area contributed by atoms with Crippen molar-refractivity contribution < 1.29 is 17.9 Å². The number of benzene rings is 3. The van der Waals surface area contributed by atoms with Crippen LogP contribution in [0.4, 0.5) is 0 Å². The van der Waals surface area contributed by atoms with E-state index in [9.17, 15) is 13.2 Å². The van der Waals surface area contributed by atoms with E-state index in [-0.39, 0.29) is 11.4 Å².